The summed E-state index contributed by atoms with van der Waals surface area (Å²) in [4.78, 5) is 15.4. The van der Waals surface area contributed by atoms with Crippen LogP contribution in [0.15, 0.2) is 16.6 Å². The molecule has 0 aromatic rings. The van der Waals surface area contributed by atoms with E-state index in [4.69, 9.17) is 0 Å². The Bertz CT molecular complexity index is 399. The van der Waals surface area contributed by atoms with Crippen molar-refractivity contribution in [2.24, 2.45) is 5.16 Å². The number of ketones is 1. The molecule has 0 aromatic carbocycles. The van der Waals surface area contributed by atoms with E-state index in [0.29, 0.717) is 6.08 Å². The molecule has 1 rings (SSSR count). The molecular weight excluding hydrogens is 269 g/mol. The minimum absolute atomic E-state index is 0.0278. The Morgan fingerprint density at radius 1 is 1.47 bits per heavy atom. The number of oxime groups is 1. The third-order valence-electron chi connectivity index (χ3n) is 1.89. The van der Waals surface area contributed by atoms with E-state index in [1.165, 1.54) is 6.92 Å². The lowest BCUT2D eigenvalue weighted by atomic mass is 10.1. The van der Waals surface area contributed by atoms with E-state index in [2.05, 4.69) is 9.99 Å². The second kappa shape index (κ2) is 3.44. The molecule has 1 aliphatic heterocycles. The molecule has 9 heteroatoms. The van der Waals surface area contributed by atoms with E-state index in [1.54, 1.807) is 0 Å². The van der Waals surface area contributed by atoms with E-state index < -0.39 is 21.7 Å². The van der Waals surface area contributed by atoms with Crippen molar-refractivity contribution in [2.45, 2.75) is 25.9 Å². The minimum Gasteiger partial charge on any atom is -0.391 e. The molecule has 1 atom stereocenters. The number of carbonyl (C=O) groups is 1. The zero-order chi connectivity index (χ0) is 13.4. The maximum absolute atomic E-state index is 11.9. The molecule has 100 valence electrons. The summed E-state index contributed by atoms with van der Waals surface area (Å²) < 4.78 is 59.4. The van der Waals surface area contributed by atoms with Crippen molar-refractivity contribution in [3.05, 3.63) is 11.5 Å². The number of nitrogens with zero attached hydrogens (tertiary/aromatic N) is 1. The van der Waals surface area contributed by atoms with E-state index in [1.807, 2.05) is 0 Å². The predicted molar refractivity (Wildman–Crippen MR) is 54.5 cm³/mol. The van der Waals surface area contributed by atoms with Gasteiger partial charge in [-0.2, -0.15) is 0 Å². The minimum atomic E-state index is -9.50. The molecule has 0 saturated carbocycles. The first kappa shape index (κ1) is 13.9. The van der Waals surface area contributed by atoms with Crippen LogP contribution in [-0.4, -0.2) is 17.6 Å². The number of hydrogen-bond acceptors (Lipinski definition) is 3. The lowest BCUT2D eigenvalue weighted by Crippen LogP contribution is -2.12. The molecule has 0 spiro atoms. The van der Waals surface area contributed by atoms with Crippen LogP contribution < -0.4 is 0 Å². The number of rotatable bonds is 4. The summed E-state index contributed by atoms with van der Waals surface area (Å²) in [6.45, 7) is 1.23. The van der Waals surface area contributed by atoms with Gasteiger partial charge >= 0.3 is 10.2 Å². The van der Waals surface area contributed by atoms with Crippen LogP contribution in [0.2, 0.25) is 0 Å². The Balaban J connectivity index is 2.52. The van der Waals surface area contributed by atoms with Crippen molar-refractivity contribution in [3.8, 4) is 0 Å². The highest BCUT2D eigenvalue weighted by Gasteiger charge is 2.60. The van der Waals surface area contributed by atoms with Crippen LogP contribution in [-0.2, 0) is 9.63 Å². The van der Waals surface area contributed by atoms with Crippen LogP contribution in [0, 0.1) is 0 Å². The normalized spacial score (nSPS) is 25.1. The zero-order valence-electron chi connectivity index (χ0n) is 8.71. The molecule has 0 amide bonds. The molecule has 0 saturated heterocycles. The van der Waals surface area contributed by atoms with Crippen LogP contribution in [0.3, 0.4) is 0 Å². The zero-order valence-corrected chi connectivity index (χ0v) is 9.52. The molecule has 0 aliphatic carbocycles. The smallest absolute Gasteiger partial charge is 0.304 e. The molecule has 0 fully saturated rings. The molecule has 1 heterocycles. The van der Waals surface area contributed by atoms with Gasteiger partial charge < -0.3 is 4.84 Å². The standard InChI is InChI=1S/C8H10F5NO2S/c1-6(15)8-5-7(16-14-8)3-2-4-17(9,10,11,12)13/h2,4,7H,3,5H2,1H3/b4-2+. The largest absolute Gasteiger partial charge is 0.391 e. The predicted octanol–water partition coefficient (Wildman–Crippen LogP) is 3.92. The molecule has 3 nitrogen and oxygen atoms in total. The van der Waals surface area contributed by atoms with Crippen molar-refractivity contribution in [1.82, 2.24) is 0 Å². The van der Waals surface area contributed by atoms with Crippen molar-refractivity contribution >= 4 is 21.7 Å². The van der Waals surface area contributed by atoms with Crippen molar-refractivity contribution < 1.29 is 29.1 Å². The molecule has 0 aromatic heterocycles. The Labute approximate surface area is 94.0 Å². The van der Waals surface area contributed by atoms with Gasteiger partial charge in [0.05, 0.1) is 5.41 Å². The summed E-state index contributed by atoms with van der Waals surface area (Å²) in [5, 5.41) is 2.32. The van der Waals surface area contributed by atoms with E-state index >= 15 is 0 Å². The van der Waals surface area contributed by atoms with E-state index in [0.717, 1.165) is 0 Å². The fraction of sp³-hybridized carbons (Fsp3) is 0.500. The van der Waals surface area contributed by atoms with Gasteiger partial charge in [-0.1, -0.05) is 30.7 Å². The summed E-state index contributed by atoms with van der Waals surface area (Å²) in [5.74, 6) is -0.357. The molecule has 0 bridgehead atoms. The second-order valence-corrected chi connectivity index (χ2v) is 5.99. The van der Waals surface area contributed by atoms with Crippen LogP contribution in [0.25, 0.3) is 0 Å². The SMILES string of the molecule is CC(=O)C1=NOC(C/C=C/S(F)(F)(F)(F)F)C1. The van der Waals surface area contributed by atoms with Crippen LogP contribution in [0.5, 0.6) is 0 Å². The van der Waals surface area contributed by atoms with Gasteiger partial charge in [-0.3, -0.25) is 4.79 Å². The fourth-order valence-corrected chi connectivity index (χ4v) is 1.63. The quantitative estimate of drug-likeness (QED) is 0.731. The van der Waals surface area contributed by atoms with Crippen molar-refractivity contribution in [3.63, 3.8) is 0 Å². The monoisotopic (exact) mass is 279 g/mol. The van der Waals surface area contributed by atoms with Crippen molar-refractivity contribution in [1.29, 1.82) is 0 Å². The number of hydrogen-bond donors (Lipinski definition) is 0. The first-order valence-electron chi connectivity index (χ1n) is 4.51. The third-order valence-corrected chi connectivity index (χ3v) is 2.60. The Hall–Kier alpha value is -1.12. The van der Waals surface area contributed by atoms with Gasteiger partial charge in [-0.15, -0.1) is 0 Å². The van der Waals surface area contributed by atoms with E-state index in [9.17, 15) is 24.2 Å². The van der Waals surface area contributed by atoms with Gasteiger partial charge in [0.1, 0.15) is 11.8 Å². The van der Waals surface area contributed by atoms with Gasteiger partial charge in [0.15, 0.2) is 5.78 Å². The first-order valence-corrected chi connectivity index (χ1v) is 6.53. The highest BCUT2D eigenvalue weighted by molar-refractivity contribution is 8.48. The molecule has 1 unspecified atom stereocenters. The maximum atomic E-state index is 11.9. The average molecular weight is 279 g/mol. The van der Waals surface area contributed by atoms with Gasteiger partial charge in [0.25, 0.3) is 0 Å². The van der Waals surface area contributed by atoms with Gasteiger partial charge in [-0.05, 0) is 0 Å². The van der Waals surface area contributed by atoms with Crippen LogP contribution >= 0.6 is 10.2 Å². The highest BCUT2D eigenvalue weighted by Crippen LogP contribution is 2.98. The Morgan fingerprint density at radius 3 is 2.47 bits per heavy atom. The Kier molecular flexibility index (Phi) is 2.82. The van der Waals surface area contributed by atoms with Gasteiger partial charge in [0, 0.05) is 19.8 Å². The molecule has 17 heavy (non-hydrogen) atoms. The molecule has 0 N–H and O–H groups in total. The highest BCUT2D eigenvalue weighted by atomic mass is 32.5. The number of carbonyl (C=O) groups excluding carboxylic acids is 1. The summed E-state index contributed by atoms with van der Waals surface area (Å²) in [6, 6.07) is 0. The summed E-state index contributed by atoms with van der Waals surface area (Å²) >= 11 is 0. The van der Waals surface area contributed by atoms with Crippen LogP contribution in [0.4, 0.5) is 19.4 Å². The average Bonchev–Trinajstić information content (AvgIpc) is 2.47. The lowest BCUT2D eigenvalue weighted by molar-refractivity contribution is -0.111. The van der Waals surface area contributed by atoms with Crippen molar-refractivity contribution in [2.75, 3.05) is 0 Å². The summed E-state index contributed by atoms with van der Waals surface area (Å²) in [5.41, 5.74) is 0.0933. The second-order valence-electron chi connectivity index (χ2n) is 3.66. The first-order chi connectivity index (χ1) is 7.36. The molecule has 1 aliphatic rings. The van der Waals surface area contributed by atoms with E-state index in [-0.39, 0.29) is 24.3 Å². The van der Waals surface area contributed by atoms with Gasteiger partial charge in [-0.25, -0.2) is 0 Å². The molecular formula is C8H10F5NO2S. The summed E-state index contributed by atoms with van der Waals surface area (Å²) in [7, 11) is -9.50. The topological polar surface area (TPSA) is 38.7 Å². The summed E-state index contributed by atoms with van der Waals surface area (Å²) in [6.07, 6.45) is -0.860. The number of Topliss-reactive ketones (excluding diaryl/α,β-unsaturated/α-hetero) is 1. The van der Waals surface area contributed by atoms with Crippen LogP contribution in [0.1, 0.15) is 19.8 Å². The Morgan fingerprint density at radius 2 is 2.06 bits per heavy atom. The third kappa shape index (κ3) is 5.66. The van der Waals surface area contributed by atoms with Gasteiger partial charge in [0.2, 0.25) is 0 Å². The molecule has 0 radical (unpaired) electrons. The lowest BCUT2D eigenvalue weighted by Gasteiger charge is -2.36. The fourth-order valence-electron chi connectivity index (χ4n) is 1.15. The maximum Gasteiger partial charge on any atom is 0.304 e. The number of halogens is 5.